The molecule has 10 heavy (non-hydrogen) atoms. The van der Waals surface area contributed by atoms with Crippen molar-refractivity contribution in [2.24, 2.45) is 0 Å². The van der Waals surface area contributed by atoms with Gasteiger partial charge in [0.2, 0.25) is 0 Å². The quantitative estimate of drug-likeness (QED) is 0.621. The van der Waals surface area contributed by atoms with E-state index in [1.165, 1.54) is 0 Å². The molecule has 3 heteroatoms. The second-order valence-electron chi connectivity index (χ2n) is 2.25. The van der Waals surface area contributed by atoms with E-state index in [4.69, 9.17) is 0 Å². The summed E-state index contributed by atoms with van der Waals surface area (Å²) in [6.07, 6.45) is 5.86. The van der Waals surface area contributed by atoms with Gasteiger partial charge in [0, 0.05) is 25.4 Å². The molecule has 0 aliphatic carbocycles. The smallest absolute Gasteiger partial charge is 0.131 e. The Kier molecular flexibility index (Phi) is 2.20. The Morgan fingerprint density at radius 3 is 3.00 bits per heavy atom. The highest BCUT2D eigenvalue weighted by Gasteiger charge is 1.92. The van der Waals surface area contributed by atoms with Crippen LogP contribution in [0.25, 0.3) is 0 Å². The van der Waals surface area contributed by atoms with Gasteiger partial charge in [-0.1, -0.05) is 0 Å². The third-order valence-corrected chi connectivity index (χ3v) is 1.28. The van der Waals surface area contributed by atoms with Gasteiger partial charge in [-0.2, -0.15) is 0 Å². The van der Waals surface area contributed by atoms with Crippen molar-refractivity contribution in [2.75, 3.05) is 0 Å². The van der Waals surface area contributed by atoms with Crippen LogP contribution in [0.4, 0.5) is 0 Å². The largest absolute Gasteiger partial charge is 0.337 e. The standard InChI is InChI=1S/C7H10N2O/c1-7(10)2-4-9-5-3-8-6-9/h3,5-6H,2,4H2,1H3. The molecule has 1 aromatic rings. The van der Waals surface area contributed by atoms with Gasteiger partial charge < -0.3 is 4.57 Å². The number of imidazole rings is 1. The van der Waals surface area contributed by atoms with Gasteiger partial charge in [-0.25, -0.2) is 4.98 Å². The minimum Gasteiger partial charge on any atom is -0.337 e. The van der Waals surface area contributed by atoms with Gasteiger partial charge >= 0.3 is 0 Å². The van der Waals surface area contributed by atoms with E-state index >= 15 is 0 Å². The number of ketones is 1. The van der Waals surface area contributed by atoms with Crippen LogP contribution in [0.3, 0.4) is 0 Å². The Hall–Kier alpha value is -1.12. The number of carbonyl (C=O) groups is 1. The molecule has 1 heterocycles. The number of aromatic nitrogens is 2. The molecule has 0 fully saturated rings. The van der Waals surface area contributed by atoms with Crippen LogP contribution in [0, 0.1) is 0 Å². The van der Waals surface area contributed by atoms with Crippen LogP contribution >= 0.6 is 0 Å². The van der Waals surface area contributed by atoms with E-state index in [-0.39, 0.29) is 5.78 Å². The molecular weight excluding hydrogens is 128 g/mol. The molecule has 0 aromatic carbocycles. The van der Waals surface area contributed by atoms with Crippen LogP contribution in [0.15, 0.2) is 18.7 Å². The van der Waals surface area contributed by atoms with Gasteiger partial charge in [-0.15, -0.1) is 0 Å². The van der Waals surface area contributed by atoms with Crippen molar-refractivity contribution in [3.63, 3.8) is 0 Å². The summed E-state index contributed by atoms with van der Waals surface area (Å²) < 4.78 is 1.89. The maximum Gasteiger partial charge on any atom is 0.131 e. The van der Waals surface area contributed by atoms with Crippen LogP contribution in [-0.2, 0) is 11.3 Å². The predicted molar refractivity (Wildman–Crippen MR) is 37.5 cm³/mol. The third kappa shape index (κ3) is 2.01. The SMILES string of the molecule is CC(=O)CCn1ccnc1. The lowest BCUT2D eigenvalue weighted by Crippen LogP contribution is -1.99. The summed E-state index contributed by atoms with van der Waals surface area (Å²) >= 11 is 0. The van der Waals surface area contributed by atoms with Gasteiger partial charge in [-0.05, 0) is 6.92 Å². The Bertz CT molecular complexity index is 203. The van der Waals surface area contributed by atoms with Crippen molar-refractivity contribution >= 4 is 5.78 Å². The van der Waals surface area contributed by atoms with Crippen LogP contribution < -0.4 is 0 Å². The second-order valence-corrected chi connectivity index (χ2v) is 2.25. The van der Waals surface area contributed by atoms with E-state index in [1.807, 2.05) is 10.8 Å². The monoisotopic (exact) mass is 138 g/mol. The van der Waals surface area contributed by atoms with Crippen molar-refractivity contribution < 1.29 is 4.79 Å². The van der Waals surface area contributed by atoms with Gasteiger partial charge in [0.05, 0.1) is 6.33 Å². The van der Waals surface area contributed by atoms with Gasteiger partial charge in [0.1, 0.15) is 5.78 Å². The lowest BCUT2D eigenvalue weighted by atomic mass is 10.3. The highest BCUT2D eigenvalue weighted by Crippen LogP contribution is 1.90. The molecule has 0 N–H and O–H groups in total. The molecular formula is C7H10N2O. The summed E-state index contributed by atoms with van der Waals surface area (Å²) in [6, 6.07) is 0. The summed E-state index contributed by atoms with van der Waals surface area (Å²) in [5, 5.41) is 0. The highest BCUT2D eigenvalue weighted by molar-refractivity contribution is 5.75. The van der Waals surface area contributed by atoms with Crippen LogP contribution in [0.5, 0.6) is 0 Å². The van der Waals surface area contributed by atoms with Crippen molar-refractivity contribution in [3.8, 4) is 0 Å². The number of Topliss-reactive ketones (excluding diaryl/α,β-unsaturated/α-hetero) is 1. The molecule has 0 unspecified atom stereocenters. The minimum atomic E-state index is 0.216. The Morgan fingerprint density at radius 1 is 1.70 bits per heavy atom. The maximum atomic E-state index is 10.5. The summed E-state index contributed by atoms with van der Waals surface area (Å²) in [7, 11) is 0. The molecule has 0 aliphatic rings. The molecule has 0 saturated heterocycles. The van der Waals surface area contributed by atoms with Gasteiger partial charge in [0.15, 0.2) is 0 Å². The van der Waals surface area contributed by atoms with Crippen LogP contribution in [0.2, 0.25) is 0 Å². The average Bonchev–Trinajstić information content (AvgIpc) is 2.34. The number of rotatable bonds is 3. The summed E-state index contributed by atoms with van der Waals surface area (Å²) in [5.41, 5.74) is 0. The first-order chi connectivity index (χ1) is 4.79. The van der Waals surface area contributed by atoms with Crippen molar-refractivity contribution in [1.29, 1.82) is 0 Å². The number of carbonyl (C=O) groups excluding carboxylic acids is 1. The fourth-order valence-corrected chi connectivity index (χ4v) is 0.706. The molecule has 0 aliphatic heterocycles. The molecule has 0 atom stereocenters. The fraction of sp³-hybridized carbons (Fsp3) is 0.429. The second kappa shape index (κ2) is 3.15. The van der Waals surface area contributed by atoms with E-state index in [1.54, 1.807) is 19.4 Å². The number of aryl methyl sites for hydroxylation is 1. The van der Waals surface area contributed by atoms with E-state index in [2.05, 4.69) is 4.98 Å². The Morgan fingerprint density at radius 2 is 2.50 bits per heavy atom. The van der Waals surface area contributed by atoms with E-state index in [9.17, 15) is 4.79 Å². The minimum absolute atomic E-state index is 0.216. The number of hydrogen-bond donors (Lipinski definition) is 0. The van der Waals surface area contributed by atoms with Gasteiger partial charge in [-0.3, -0.25) is 4.79 Å². The molecule has 3 nitrogen and oxygen atoms in total. The zero-order chi connectivity index (χ0) is 7.40. The maximum absolute atomic E-state index is 10.5. The number of hydrogen-bond acceptors (Lipinski definition) is 2. The lowest BCUT2D eigenvalue weighted by Gasteiger charge is -1.96. The normalized spacial score (nSPS) is 9.70. The predicted octanol–water partition coefficient (Wildman–Crippen LogP) is 0.862. The molecule has 0 bridgehead atoms. The third-order valence-electron chi connectivity index (χ3n) is 1.28. The van der Waals surface area contributed by atoms with Gasteiger partial charge in [0.25, 0.3) is 0 Å². The summed E-state index contributed by atoms with van der Waals surface area (Å²) in [4.78, 5) is 14.4. The molecule has 0 spiro atoms. The lowest BCUT2D eigenvalue weighted by molar-refractivity contribution is -0.117. The Labute approximate surface area is 59.7 Å². The zero-order valence-corrected chi connectivity index (χ0v) is 5.95. The summed E-state index contributed by atoms with van der Waals surface area (Å²) in [6.45, 7) is 2.34. The number of nitrogens with zero attached hydrogens (tertiary/aromatic N) is 2. The zero-order valence-electron chi connectivity index (χ0n) is 5.95. The first-order valence-electron chi connectivity index (χ1n) is 3.24. The highest BCUT2D eigenvalue weighted by atomic mass is 16.1. The summed E-state index contributed by atoms with van der Waals surface area (Å²) in [5.74, 6) is 0.216. The molecule has 0 saturated carbocycles. The van der Waals surface area contributed by atoms with E-state index in [0.29, 0.717) is 6.42 Å². The van der Waals surface area contributed by atoms with E-state index < -0.39 is 0 Å². The first kappa shape index (κ1) is 6.99. The first-order valence-corrected chi connectivity index (χ1v) is 3.24. The molecule has 0 amide bonds. The van der Waals surface area contributed by atoms with E-state index in [0.717, 1.165) is 6.54 Å². The molecule has 0 radical (unpaired) electrons. The molecule has 1 rings (SSSR count). The van der Waals surface area contributed by atoms with Crippen LogP contribution in [0.1, 0.15) is 13.3 Å². The van der Waals surface area contributed by atoms with Crippen LogP contribution in [-0.4, -0.2) is 15.3 Å². The topological polar surface area (TPSA) is 34.9 Å². The molecule has 54 valence electrons. The fourth-order valence-electron chi connectivity index (χ4n) is 0.706. The molecule has 1 aromatic heterocycles. The Balaban J connectivity index is 2.35. The van der Waals surface area contributed by atoms with Crippen molar-refractivity contribution in [2.45, 2.75) is 19.9 Å². The van der Waals surface area contributed by atoms with Crippen molar-refractivity contribution in [3.05, 3.63) is 18.7 Å². The average molecular weight is 138 g/mol. The van der Waals surface area contributed by atoms with Crippen molar-refractivity contribution in [1.82, 2.24) is 9.55 Å².